The second kappa shape index (κ2) is 16.6. The molecule has 0 aliphatic carbocycles. The molecule has 2 bridgehead atoms. The molecule has 0 saturated carbocycles. The summed E-state index contributed by atoms with van der Waals surface area (Å²) in [6, 6.07) is 7.89. The second-order valence-electron chi connectivity index (χ2n) is 11.5. The molecule has 3 N–H and O–H groups in total. The number of rotatable bonds is 10. The van der Waals surface area contributed by atoms with Gasteiger partial charge in [-0.2, -0.15) is 17.5 Å². The van der Waals surface area contributed by atoms with Gasteiger partial charge in [-0.1, -0.05) is 18.2 Å². The highest BCUT2D eigenvalue weighted by atomic mass is 32.2. The number of nitrogens with zero attached hydrogens (tertiary/aromatic N) is 3. The lowest BCUT2D eigenvalue weighted by atomic mass is 9.85. The van der Waals surface area contributed by atoms with Crippen LogP contribution in [0.25, 0.3) is 0 Å². The number of hydrogen-bond donors (Lipinski definition) is 3. The summed E-state index contributed by atoms with van der Waals surface area (Å²) in [5.41, 5.74) is 0.911. The Morgan fingerprint density at radius 1 is 1.12 bits per heavy atom. The lowest BCUT2D eigenvalue weighted by molar-refractivity contribution is -0.145. The molecule has 5 atom stereocenters. The van der Waals surface area contributed by atoms with Crippen molar-refractivity contribution in [2.24, 2.45) is 0 Å². The third kappa shape index (κ3) is 9.55. The molecule has 2 aliphatic rings. The van der Waals surface area contributed by atoms with E-state index in [1.54, 1.807) is 0 Å². The number of hydrogen-bond acceptors (Lipinski definition) is 9. The number of likely N-dealkylation sites (N-methyl/N-ethyl adjacent to an activating group) is 1. The van der Waals surface area contributed by atoms with Crippen LogP contribution in [-0.2, 0) is 36.9 Å². The quantitative estimate of drug-likeness (QED) is 0.212. The topological polar surface area (TPSA) is 143 Å². The Balaban J connectivity index is 0.00000128. The molecule has 11 nitrogen and oxygen atoms in total. The van der Waals surface area contributed by atoms with E-state index in [4.69, 9.17) is 4.79 Å². The zero-order valence-corrected chi connectivity index (χ0v) is 27.5. The Kier molecular flexibility index (Phi) is 12.8. The molecule has 3 heterocycles. The van der Waals surface area contributed by atoms with Gasteiger partial charge in [-0.15, -0.1) is 0 Å². The minimum atomic E-state index is -4.77. The van der Waals surface area contributed by atoms with Crippen molar-refractivity contribution in [2.75, 3.05) is 38.3 Å². The van der Waals surface area contributed by atoms with E-state index in [1.165, 1.54) is 48.8 Å². The molecule has 3 aromatic rings. The molecular weight excluding hydrogens is 675 g/mol. The first kappa shape index (κ1) is 37.8. The first-order valence-electron chi connectivity index (χ1n) is 15.4. The third-order valence-corrected chi connectivity index (χ3v) is 10.4. The van der Waals surface area contributed by atoms with Crippen LogP contribution < -0.4 is 16.0 Å². The Bertz CT molecular complexity index is 1680. The number of sulfonamides is 1. The van der Waals surface area contributed by atoms with Crippen molar-refractivity contribution in [1.29, 1.82) is 0 Å². The Morgan fingerprint density at radius 2 is 1.80 bits per heavy atom. The number of anilines is 1. The van der Waals surface area contributed by atoms with Crippen molar-refractivity contribution >= 4 is 28.1 Å². The standard InChI is InChI=1S/C30H33F5N6O3S.C2H4O2/c1-36-27(26(18-7-9-20(31)10-8-18)19-14-38-29(39-15-19)30(33,34)35)28(42)40-25-6-2-5-24(32)23(25)12-11-22-16-37-21-4-3-13-45(43,44)41(22)17-21;1-4-2-3/h2,5-10,14-15,21-22,26-27,36-37H,3-4,11-13,16-17H2,1H3,(H,40,42);2H,1H3/t21-,22+,26+,27+;/m1./s1. The average molecular weight is 713 g/mol. The Labute approximate surface area is 280 Å². The molecule has 1 aromatic heterocycles. The lowest BCUT2D eigenvalue weighted by Crippen LogP contribution is -2.57. The normalized spacial score (nSPS) is 21.2. The summed E-state index contributed by atoms with van der Waals surface area (Å²) in [6.45, 7) is 1.16. The predicted molar refractivity (Wildman–Crippen MR) is 170 cm³/mol. The van der Waals surface area contributed by atoms with Crippen LogP contribution in [0, 0.1) is 11.6 Å². The maximum atomic E-state index is 15.2. The maximum Gasteiger partial charge on any atom is 0.451 e. The van der Waals surface area contributed by atoms with Crippen LogP contribution >= 0.6 is 0 Å². The van der Waals surface area contributed by atoms with Crippen molar-refractivity contribution in [3.05, 3.63) is 89.0 Å². The summed E-state index contributed by atoms with van der Waals surface area (Å²) in [5.74, 6) is -4.02. The number of aromatic nitrogens is 2. The van der Waals surface area contributed by atoms with E-state index in [-0.39, 0.29) is 41.1 Å². The van der Waals surface area contributed by atoms with Gasteiger partial charge < -0.3 is 20.7 Å². The number of methoxy groups -OCH3 is 1. The molecule has 0 radical (unpaired) electrons. The number of ether oxygens (including phenoxy) is 1. The molecule has 2 aliphatic heterocycles. The van der Waals surface area contributed by atoms with Gasteiger partial charge in [0.05, 0.1) is 18.9 Å². The van der Waals surface area contributed by atoms with Crippen LogP contribution in [0.15, 0.2) is 54.9 Å². The minimum Gasteiger partial charge on any atom is -0.471 e. The number of halogens is 5. The SMILES string of the molecule is CN[C@H](C(=O)Nc1cccc(F)c1CC[C@H]1CN[C@@H]2CCCS(=O)(=O)N1C2)[C@@H](c1ccc(F)cc1)c1cnc(C(F)(F)F)nc1.COC=O. The molecule has 1 amide bonds. The fourth-order valence-electron chi connectivity index (χ4n) is 6.04. The van der Waals surface area contributed by atoms with Gasteiger partial charge in [-0.05, 0) is 68.1 Å². The third-order valence-electron chi connectivity index (χ3n) is 8.40. The summed E-state index contributed by atoms with van der Waals surface area (Å²) in [7, 11) is -0.662. The van der Waals surface area contributed by atoms with Crippen LogP contribution in [-0.4, -0.2) is 86.2 Å². The monoisotopic (exact) mass is 712 g/mol. The molecule has 5 rings (SSSR count). The summed E-state index contributed by atoms with van der Waals surface area (Å²) in [6.07, 6.45) is -1.08. The summed E-state index contributed by atoms with van der Waals surface area (Å²) in [5, 5.41) is 9.00. The predicted octanol–water partition coefficient (Wildman–Crippen LogP) is 3.62. The van der Waals surface area contributed by atoms with E-state index >= 15 is 4.39 Å². The molecular formula is C32H37F5N6O5S. The number of carbonyl (C=O) groups excluding carboxylic acids is 2. The van der Waals surface area contributed by atoms with Crippen LogP contribution in [0.5, 0.6) is 0 Å². The van der Waals surface area contributed by atoms with Gasteiger partial charge >= 0.3 is 6.18 Å². The van der Waals surface area contributed by atoms with Crippen LogP contribution in [0.4, 0.5) is 27.6 Å². The van der Waals surface area contributed by atoms with Crippen molar-refractivity contribution in [1.82, 2.24) is 24.9 Å². The lowest BCUT2D eigenvalue weighted by Gasteiger charge is -2.37. The molecule has 0 spiro atoms. The van der Waals surface area contributed by atoms with E-state index < -0.39 is 51.5 Å². The number of carbonyl (C=O) groups is 2. The second-order valence-corrected chi connectivity index (χ2v) is 13.6. The summed E-state index contributed by atoms with van der Waals surface area (Å²) in [4.78, 5) is 29.6. The van der Waals surface area contributed by atoms with Gasteiger partial charge in [-0.25, -0.2) is 27.2 Å². The number of amides is 1. The van der Waals surface area contributed by atoms with Gasteiger partial charge in [0.1, 0.15) is 11.6 Å². The van der Waals surface area contributed by atoms with Crippen molar-refractivity contribution in [3.63, 3.8) is 0 Å². The number of fused-ring (bicyclic) bond motifs is 2. The molecule has 1 unspecified atom stereocenters. The van der Waals surface area contributed by atoms with E-state index in [9.17, 15) is 30.8 Å². The fraction of sp³-hybridized carbons (Fsp3) is 0.438. The van der Waals surface area contributed by atoms with Gasteiger partial charge in [0, 0.05) is 54.7 Å². The first-order chi connectivity index (χ1) is 23.3. The van der Waals surface area contributed by atoms with E-state index in [0.717, 1.165) is 30.9 Å². The average Bonchev–Trinajstić information content (AvgIpc) is 3.19. The number of alkyl halides is 3. The number of nitrogens with one attached hydrogen (secondary N) is 3. The highest BCUT2D eigenvalue weighted by molar-refractivity contribution is 7.89. The number of benzene rings is 2. The molecule has 2 fully saturated rings. The zero-order valence-electron chi connectivity index (χ0n) is 26.7. The van der Waals surface area contributed by atoms with Crippen molar-refractivity contribution < 1.29 is 44.7 Å². The van der Waals surface area contributed by atoms with Gasteiger partial charge in [0.2, 0.25) is 21.8 Å². The van der Waals surface area contributed by atoms with E-state index in [1.807, 2.05) is 0 Å². The van der Waals surface area contributed by atoms with Gasteiger partial charge in [0.25, 0.3) is 6.47 Å². The van der Waals surface area contributed by atoms with Crippen LogP contribution in [0.1, 0.15) is 47.7 Å². The Hall–Kier alpha value is -4.06. The minimum absolute atomic E-state index is 0.0628. The highest BCUT2D eigenvalue weighted by Crippen LogP contribution is 2.32. The molecule has 49 heavy (non-hydrogen) atoms. The molecule has 2 saturated heterocycles. The smallest absolute Gasteiger partial charge is 0.451 e. The van der Waals surface area contributed by atoms with Crippen LogP contribution in [0.3, 0.4) is 0 Å². The van der Waals surface area contributed by atoms with Gasteiger partial charge in [0.15, 0.2) is 0 Å². The van der Waals surface area contributed by atoms with Crippen LogP contribution in [0.2, 0.25) is 0 Å². The van der Waals surface area contributed by atoms with E-state index in [2.05, 4.69) is 30.7 Å². The summed E-state index contributed by atoms with van der Waals surface area (Å²) < 4.78 is 99.5. The largest absolute Gasteiger partial charge is 0.471 e. The maximum absolute atomic E-state index is 15.2. The summed E-state index contributed by atoms with van der Waals surface area (Å²) >= 11 is 0. The Morgan fingerprint density at radius 3 is 2.41 bits per heavy atom. The highest BCUT2D eigenvalue weighted by Gasteiger charge is 2.39. The first-order valence-corrected chi connectivity index (χ1v) is 17.0. The number of piperazine rings is 1. The van der Waals surface area contributed by atoms with Crippen molar-refractivity contribution in [2.45, 2.75) is 55.9 Å². The fourth-order valence-corrected chi connectivity index (χ4v) is 7.84. The van der Waals surface area contributed by atoms with Gasteiger partial charge in [-0.3, -0.25) is 9.59 Å². The molecule has 266 valence electrons. The zero-order chi connectivity index (χ0) is 35.8. The van der Waals surface area contributed by atoms with Crippen molar-refractivity contribution in [3.8, 4) is 0 Å². The van der Waals surface area contributed by atoms with E-state index in [0.29, 0.717) is 38.0 Å². The molecule has 17 heteroatoms. The molecule has 2 aromatic carbocycles.